The van der Waals surface area contributed by atoms with Gasteiger partial charge in [-0.05, 0) is 56.9 Å². The van der Waals surface area contributed by atoms with Crippen LogP contribution in [-0.2, 0) is 11.2 Å². The van der Waals surface area contributed by atoms with Crippen molar-refractivity contribution >= 4 is 21.8 Å². The number of methoxy groups -OCH3 is 1. The molecule has 138 valence electrons. The highest BCUT2D eigenvalue weighted by Gasteiger charge is 2.17. The van der Waals surface area contributed by atoms with Crippen molar-refractivity contribution in [2.75, 3.05) is 7.11 Å². The van der Waals surface area contributed by atoms with Crippen molar-refractivity contribution in [1.82, 2.24) is 5.32 Å². The fourth-order valence-electron chi connectivity index (χ4n) is 2.85. The van der Waals surface area contributed by atoms with Gasteiger partial charge in [0.2, 0.25) is 5.91 Å². The summed E-state index contributed by atoms with van der Waals surface area (Å²) in [5, 5.41) is 3.08. The van der Waals surface area contributed by atoms with Crippen molar-refractivity contribution in [2.45, 2.75) is 12.5 Å². The van der Waals surface area contributed by atoms with Gasteiger partial charge in [0, 0.05) is 0 Å². The zero-order chi connectivity index (χ0) is 19.2. The summed E-state index contributed by atoms with van der Waals surface area (Å²) in [4.78, 5) is 12.6. The molecule has 0 saturated heterocycles. The van der Waals surface area contributed by atoms with Gasteiger partial charge >= 0.3 is 0 Å². The molecular formula is C22H19BrFNO2. The van der Waals surface area contributed by atoms with Crippen molar-refractivity contribution in [3.8, 4) is 5.75 Å². The van der Waals surface area contributed by atoms with Gasteiger partial charge in [0.15, 0.2) is 0 Å². The van der Waals surface area contributed by atoms with Gasteiger partial charge in [-0.15, -0.1) is 0 Å². The largest absolute Gasteiger partial charge is 0.497 e. The molecule has 0 radical (unpaired) electrons. The molecule has 5 heteroatoms. The minimum Gasteiger partial charge on any atom is -0.497 e. The molecule has 0 aliphatic carbocycles. The summed E-state index contributed by atoms with van der Waals surface area (Å²) in [7, 11) is 1.62. The Morgan fingerprint density at radius 1 is 1.04 bits per heavy atom. The topological polar surface area (TPSA) is 38.3 Å². The Morgan fingerprint density at radius 3 is 2.33 bits per heavy atom. The molecule has 3 aromatic rings. The van der Waals surface area contributed by atoms with Crippen LogP contribution in [0.3, 0.4) is 0 Å². The highest BCUT2D eigenvalue weighted by Crippen LogP contribution is 2.24. The van der Waals surface area contributed by atoms with Crippen molar-refractivity contribution in [1.29, 1.82) is 0 Å². The first-order chi connectivity index (χ1) is 13.1. The number of halogens is 2. The van der Waals surface area contributed by atoms with E-state index in [-0.39, 0.29) is 24.2 Å². The first-order valence-electron chi connectivity index (χ1n) is 8.49. The summed E-state index contributed by atoms with van der Waals surface area (Å²) in [6.45, 7) is 0. The number of carbonyl (C=O) groups excluding carboxylic acids is 1. The SMILES string of the molecule is COc1ccc(C(NC(=O)Cc2ccc(F)c(Br)c2)c2ccccc2)cc1. The van der Waals surface area contributed by atoms with Crippen LogP contribution < -0.4 is 10.1 Å². The number of rotatable bonds is 6. The highest BCUT2D eigenvalue weighted by molar-refractivity contribution is 9.10. The first-order valence-corrected chi connectivity index (χ1v) is 9.28. The number of carbonyl (C=O) groups is 1. The quantitative estimate of drug-likeness (QED) is 0.597. The molecule has 1 atom stereocenters. The zero-order valence-electron chi connectivity index (χ0n) is 14.8. The maximum absolute atomic E-state index is 13.4. The van der Waals surface area contributed by atoms with Crippen molar-refractivity contribution in [3.63, 3.8) is 0 Å². The fourth-order valence-corrected chi connectivity index (χ4v) is 3.27. The van der Waals surface area contributed by atoms with Crippen molar-refractivity contribution in [2.24, 2.45) is 0 Å². The van der Waals surface area contributed by atoms with E-state index in [4.69, 9.17) is 4.74 Å². The van der Waals surface area contributed by atoms with E-state index in [0.717, 1.165) is 22.4 Å². The standard InChI is InChI=1S/C22H19BrFNO2/c1-27-18-10-8-17(9-11-18)22(16-5-3-2-4-6-16)25-21(26)14-15-7-12-20(24)19(23)13-15/h2-13,22H,14H2,1H3,(H,25,26). The van der Waals surface area contributed by atoms with Gasteiger partial charge in [-0.2, -0.15) is 0 Å². The Labute approximate surface area is 166 Å². The number of hydrogen-bond donors (Lipinski definition) is 1. The Balaban J connectivity index is 1.82. The van der Waals surface area contributed by atoms with E-state index in [1.54, 1.807) is 19.2 Å². The average Bonchev–Trinajstić information content (AvgIpc) is 2.70. The molecule has 0 saturated carbocycles. The van der Waals surface area contributed by atoms with Crippen LogP contribution in [0, 0.1) is 5.82 Å². The van der Waals surface area contributed by atoms with Crippen molar-refractivity contribution in [3.05, 3.63) is 99.8 Å². The molecule has 0 aliphatic heterocycles. The summed E-state index contributed by atoms with van der Waals surface area (Å²) < 4.78 is 19.0. The molecule has 27 heavy (non-hydrogen) atoms. The third-order valence-electron chi connectivity index (χ3n) is 4.24. The van der Waals surface area contributed by atoms with Crippen LogP contribution in [-0.4, -0.2) is 13.0 Å². The van der Waals surface area contributed by atoms with E-state index >= 15 is 0 Å². The molecule has 0 aromatic heterocycles. The summed E-state index contributed by atoms with van der Waals surface area (Å²) in [6, 6.07) is 21.7. The lowest BCUT2D eigenvalue weighted by Gasteiger charge is -2.20. The van der Waals surface area contributed by atoms with Crippen LogP contribution in [0.5, 0.6) is 5.75 Å². The van der Waals surface area contributed by atoms with Crippen molar-refractivity contribution < 1.29 is 13.9 Å². The second kappa shape index (κ2) is 8.82. The van der Waals surface area contributed by atoms with E-state index in [2.05, 4.69) is 21.2 Å². The molecule has 0 aliphatic rings. The Morgan fingerprint density at radius 2 is 1.70 bits per heavy atom. The Kier molecular flexibility index (Phi) is 6.24. The van der Waals surface area contributed by atoms with E-state index in [0.29, 0.717) is 4.47 Å². The summed E-state index contributed by atoms with van der Waals surface area (Å²) in [5.41, 5.74) is 2.68. The van der Waals surface area contributed by atoms with Crippen LogP contribution in [0.1, 0.15) is 22.7 Å². The zero-order valence-corrected chi connectivity index (χ0v) is 16.4. The van der Waals surface area contributed by atoms with Gasteiger partial charge < -0.3 is 10.1 Å². The molecule has 0 fully saturated rings. The Hall–Kier alpha value is -2.66. The number of amides is 1. The molecule has 0 spiro atoms. The molecule has 3 nitrogen and oxygen atoms in total. The third kappa shape index (κ3) is 4.95. The smallest absolute Gasteiger partial charge is 0.225 e. The number of ether oxygens (including phenoxy) is 1. The number of hydrogen-bond acceptors (Lipinski definition) is 2. The summed E-state index contributed by atoms with van der Waals surface area (Å²) in [5.74, 6) is 0.269. The predicted molar refractivity (Wildman–Crippen MR) is 107 cm³/mol. The van der Waals surface area contributed by atoms with E-state index in [1.165, 1.54) is 6.07 Å². The maximum Gasteiger partial charge on any atom is 0.225 e. The number of nitrogens with one attached hydrogen (secondary N) is 1. The molecule has 1 unspecified atom stereocenters. The van der Waals surface area contributed by atoms with E-state index < -0.39 is 0 Å². The van der Waals surface area contributed by atoms with Gasteiger partial charge in [0.25, 0.3) is 0 Å². The van der Waals surface area contributed by atoms with Crippen LogP contribution in [0.25, 0.3) is 0 Å². The predicted octanol–water partition coefficient (Wildman–Crippen LogP) is 5.05. The molecule has 1 N–H and O–H groups in total. The minimum absolute atomic E-state index is 0.141. The molecule has 3 rings (SSSR count). The van der Waals surface area contributed by atoms with Crippen LogP contribution in [0.2, 0.25) is 0 Å². The molecule has 0 bridgehead atoms. The monoisotopic (exact) mass is 427 g/mol. The lowest BCUT2D eigenvalue weighted by atomic mass is 9.98. The fraction of sp³-hybridized carbons (Fsp3) is 0.136. The lowest BCUT2D eigenvalue weighted by molar-refractivity contribution is -0.120. The number of benzene rings is 3. The second-order valence-electron chi connectivity index (χ2n) is 6.11. The van der Waals surface area contributed by atoms with Gasteiger partial charge in [-0.1, -0.05) is 48.5 Å². The van der Waals surface area contributed by atoms with Gasteiger partial charge in [0.05, 0.1) is 24.0 Å². The molecule has 0 heterocycles. The minimum atomic E-state index is -0.348. The van der Waals surface area contributed by atoms with E-state index in [9.17, 15) is 9.18 Å². The maximum atomic E-state index is 13.4. The average molecular weight is 428 g/mol. The normalized spacial score (nSPS) is 11.7. The van der Waals surface area contributed by atoms with Crippen LogP contribution >= 0.6 is 15.9 Å². The van der Waals surface area contributed by atoms with E-state index in [1.807, 2.05) is 54.6 Å². The van der Waals surface area contributed by atoms with Gasteiger partial charge in [-0.3, -0.25) is 4.79 Å². The van der Waals surface area contributed by atoms with Gasteiger partial charge in [0.1, 0.15) is 11.6 Å². The van der Waals surface area contributed by atoms with Crippen LogP contribution in [0.15, 0.2) is 77.3 Å². The van der Waals surface area contributed by atoms with Crippen LogP contribution in [0.4, 0.5) is 4.39 Å². The van der Waals surface area contributed by atoms with Gasteiger partial charge in [-0.25, -0.2) is 4.39 Å². The molecular weight excluding hydrogens is 409 g/mol. The summed E-state index contributed by atoms with van der Waals surface area (Å²) >= 11 is 3.16. The third-order valence-corrected chi connectivity index (χ3v) is 4.84. The first kappa shape index (κ1) is 19.1. The highest BCUT2D eigenvalue weighted by atomic mass is 79.9. The summed E-state index contributed by atoms with van der Waals surface area (Å²) in [6.07, 6.45) is 0.165. The Bertz CT molecular complexity index is 913. The molecule has 3 aromatic carbocycles. The lowest BCUT2D eigenvalue weighted by Crippen LogP contribution is -2.30. The second-order valence-corrected chi connectivity index (χ2v) is 6.96. The molecule has 1 amide bonds.